The number of ether oxygens (including phenoxy) is 2. The molecule has 0 atom stereocenters. The summed E-state index contributed by atoms with van der Waals surface area (Å²) in [7, 11) is 1.02. The number of alkyl halides is 3. The Bertz CT molecular complexity index is 229. The van der Waals surface area contributed by atoms with Crippen molar-refractivity contribution in [3.05, 3.63) is 0 Å². The number of carbonyl (C=O) groups excluding carboxylic acids is 2. The molecule has 0 rings (SSSR count). The van der Waals surface area contributed by atoms with Crippen LogP contribution in [0.5, 0.6) is 0 Å². The Morgan fingerprint density at radius 2 is 1.93 bits per heavy atom. The zero-order valence-electron chi connectivity index (χ0n) is 7.89. The maximum Gasteiger partial charge on any atom is 0.411 e. The van der Waals surface area contributed by atoms with Crippen molar-refractivity contribution in [3.63, 3.8) is 0 Å². The summed E-state index contributed by atoms with van der Waals surface area (Å²) in [6, 6.07) is 0. The van der Waals surface area contributed by atoms with Crippen LogP contribution in [0.3, 0.4) is 0 Å². The molecule has 0 spiro atoms. The molecule has 0 saturated carbocycles. The fourth-order valence-corrected chi connectivity index (χ4v) is 0.589. The first kappa shape index (κ1) is 13.7. The Morgan fingerprint density at radius 3 is 2.40 bits per heavy atom. The first-order valence-electron chi connectivity index (χ1n) is 3.87. The molecule has 0 aliphatic rings. The second-order valence-corrected chi connectivity index (χ2v) is 2.42. The fraction of sp³-hybridized carbons (Fsp3) is 0.714. The summed E-state index contributed by atoms with van der Waals surface area (Å²) in [5.41, 5.74) is 0. The van der Waals surface area contributed by atoms with Crippen molar-refractivity contribution < 1.29 is 32.2 Å². The van der Waals surface area contributed by atoms with Gasteiger partial charge in [-0.3, -0.25) is 4.79 Å². The lowest BCUT2D eigenvalue weighted by atomic mass is 10.5. The summed E-state index contributed by atoms with van der Waals surface area (Å²) in [6.07, 6.45) is -4.40. The molecule has 0 aromatic rings. The highest BCUT2D eigenvalue weighted by Crippen LogP contribution is 2.13. The van der Waals surface area contributed by atoms with Gasteiger partial charge in [0.25, 0.3) is 0 Å². The van der Waals surface area contributed by atoms with E-state index in [-0.39, 0.29) is 13.2 Å². The lowest BCUT2D eigenvalue weighted by molar-refractivity contribution is -0.173. The van der Waals surface area contributed by atoms with Crippen molar-refractivity contribution in [2.75, 3.05) is 26.9 Å². The van der Waals surface area contributed by atoms with Crippen LogP contribution in [0, 0.1) is 0 Å². The number of hydrogen-bond acceptors (Lipinski definition) is 4. The molecule has 0 saturated heterocycles. The zero-order chi connectivity index (χ0) is 11.9. The van der Waals surface area contributed by atoms with Gasteiger partial charge in [0.1, 0.15) is 6.61 Å². The highest BCUT2D eigenvalue weighted by atomic mass is 19.4. The van der Waals surface area contributed by atoms with E-state index in [9.17, 15) is 22.8 Å². The number of nitrogens with one attached hydrogen (secondary N) is 1. The summed E-state index contributed by atoms with van der Waals surface area (Å²) in [5.74, 6) is -2.13. The van der Waals surface area contributed by atoms with Gasteiger partial charge < -0.3 is 14.8 Å². The predicted octanol–water partition coefficient (Wildman–Crippen LogP) is -0.146. The maximum atomic E-state index is 11.5. The topological polar surface area (TPSA) is 64.6 Å². The molecule has 0 heterocycles. The number of rotatable bonds is 4. The Hall–Kier alpha value is -1.31. The summed E-state index contributed by atoms with van der Waals surface area (Å²) in [6.45, 7) is -1.91. The smallest absolute Gasteiger partial charge is 0.411 e. The van der Waals surface area contributed by atoms with Gasteiger partial charge in [-0.05, 0) is 0 Å². The van der Waals surface area contributed by atoms with Crippen molar-refractivity contribution in [3.8, 4) is 0 Å². The van der Waals surface area contributed by atoms with Gasteiger partial charge in [-0.2, -0.15) is 13.2 Å². The zero-order valence-corrected chi connectivity index (χ0v) is 7.89. The van der Waals surface area contributed by atoms with Gasteiger partial charge in [-0.15, -0.1) is 0 Å². The van der Waals surface area contributed by atoms with E-state index in [1.807, 2.05) is 5.32 Å². The van der Waals surface area contributed by atoms with Crippen LogP contribution >= 0.6 is 0 Å². The average molecular weight is 229 g/mol. The SMILES string of the molecule is COC(=O)C(=O)NCCOCC(F)(F)F. The molecule has 0 fully saturated rings. The lowest BCUT2D eigenvalue weighted by Crippen LogP contribution is -2.34. The van der Waals surface area contributed by atoms with Gasteiger partial charge in [0.2, 0.25) is 0 Å². The number of carbonyl (C=O) groups is 2. The van der Waals surface area contributed by atoms with Gasteiger partial charge in [0, 0.05) is 6.54 Å². The minimum absolute atomic E-state index is 0.190. The Balaban J connectivity index is 3.47. The van der Waals surface area contributed by atoms with E-state index in [1.165, 1.54) is 0 Å². The molecule has 0 unspecified atom stereocenters. The van der Waals surface area contributed by atoms with E-state index < -0.39 is 24.7 Å². The third-order valence-corrected chi connectivity index (χ3v) is 1.17. The minimum atomic E-state index is -4.40. The van der Waals surface area contributed by atoms with Crippen LogP contribution in [-0.2, 0) is 19.1 Å². The third kappa shape index (κ3) is 7.74. The summed E-state index contributed by atoms with van der Waals surface area (Å²) >= 11 is 0. The first-order chi connectivity index (χ1) is 6.87. The van der Waals surface area contributed by atoms with Gasteiger partial charge in [-0.1, -0.05) is 0 Å². The molecule has 1 N–H and O–H groups in total. The van der Waals surface area contributed by atoms with Crippen LogP contribution in [-0.4, -0.2) is 44.9 Å². The number of hydrogen-bond donors (Lipinski definition) is 1. The van der Waals surface area contributed by atoms with E-state index in [2.05, 4.69) is 9.47 Å². The molecule has 0 radical (unpaired) electrons. The van der Waals surface area contributed by atoms with E-state index in [0.29, 0.717) is 0 Å². The summed E-state index contributed by atoms with van der Waals surface area (Å²) in [5, 5.41) is 2.01. The van der Waals surface area contributed by atoms with Crippen LogP contribution in [0.15, 0.2) is 0 Å². The van der Waals surface area contributed by atoms with Gasteiger partial charge in [-0.25, -0.2) is 4.79 Å². The highest BCUT2D eigenvalue weighted by Gasteiger charge is 2.27. The molecule has 0 bridgehead atoms. The predicted molar refractivity (Wildman–Crippen MR) is 41.9 cm³/mol. The summed E-state index contributed by atoms with van der Waals surface area (Å²) in [4.78, 5) is 21.2. The van der Waals surface area contributed by atoms with Crippen LogP contribution < -0.4 is 5.32 Å². The number of esters is 1. The standard InChI is InChI=1S/C7H10F3NO4/c1-14-6(13)5(12)11-2-3-15-4-7(8,9)10/h2-4H2,1H3,(H,11,12). The lowest BCUT2D eigenvalue weighted by Gasteiger charge is -2.07. The molecular weight excluding hydrogens is 219 g/mol. The molecule has 1 amide bonds. The molecule has 88 valence electrons. The van der Waals surface area contributed by atoms with Gasteiger partial charge in [0.05, 0.1) is 13.7 Å². The molecule has 0 aliphatic carbocycles. The Labute approximate surface area is 83.5 Å². The average Bonchev–Trinajstić information content (AvgIpc) is 2.14. The molecule has 0 aliphatic heterocycles. The minimum Gasteiger partial charge on any atom is -0.462 e. The van der Waals surface area contributed by atoms with Crippen LogP contribution in [0.1, 0.15) is 0 Å². The fourth-order valence-electron chi connectivity index (χ4n) is 0.589. The van der Waals surface area contributed by atoms with Crippen molar-refractivity contribution in [2.24, 2.45) is 0 Å². The molecule has 5 nitrogen and oxygen atoms in total. The number of halogens is 3. The molecule has 0 aromatic carbocycles. The number of methoxy groups -OCH3 is 1. The van der Waals surface area contributed by atoms with Crippen LogP contribution in [0.4, 0.5) is 13.2 Å². The quantitative estimate of drug-likeness (QED) is 0.414. The monoisotopic (exact) mass is 229 g/mol. The normalized spacial score (nSPS) is 10.9. The first-order valence-corrected chi connectivity index (χ1v) is 3.87. The van der Waals surface area contributed by atoms with E-state index >= 15 is 0 Å². The molecular formula is C7H10F3NO4. The Morgan fingerprint density at radius 1 is 1.33 bits per heavy atom. The molecule has 8 heteroatoms. The van der Waals surface area contributed by atoms with Crippen molar-refractivity contribution in [1.82, 2.24) is 5.32 Å². The number of amides is 1. The van der Waals surface area contributed by atoms with E-state index in [4.69, 9.17) is 0 Å². The van der Waals surface area contributed by atoms with E-state index in [1.54, 1.807) is 0 Å². The second kappa shape index (κ2) is 6.23. The third-order valence-electron chi connectivity index (χ3n) is 1.17. The Kier molecular flexibility index (Phi) is 5.68. The van der Waals surface area contributed by atoms with Crippen molar-refractivity contribution in [2.45, 2.75) is 6.18 Å². The molecule has 15 heavy (non-hydrogen) atoms. The highest BCUT2D eigenvalue weighted by molar-refractivity contribution is 6.32. The van der Waals surface area contributed by atoms with Gasteiger partial charge in [0.15, 0.2) is 0 Å². The second-order valence-electron chi connectivity index (χ2n) is 2.42. The summed E-state index contributed by atoms with van der Waals surface area (Å²) < 4.78 is 42.8. The largest absolute Gasteiger partial charge is 0.462 e. The van der Waals surface area contributed by atoms with Crippen molar-refractivity contribution in [1.29, 1.82) is 0 Å². The van der Waals surface area contributed by atoms with Crippen LogP contribution in [0.25, 0.3) is 0 Å². The van der Waals surface area contributed by atoms with Gasteiger partial charge >= 0.3 is 18.1 Å². The van der Waals surface area contributed by atoms with Crippen molar-refractivity contribution >= 4 is 11.9 Å². The van der Waals surface area contributed by atoms with E-state index in [0.717, 1.165) is 7.11 Å². The maximum absolute atomic E-state index is 11.5. The van der Waals surface area contributed by atoms with Crippen LogP contribution in [0.2, 0.25) is 0 Å². The molecule has 0 aromatic heterocycles.